The molecule has 0 radical (unpaired) electrons. The summed E-state index contributed by atoms with van der Waals surface area (Å²) >= 11 is 0. The Hall–Kier alpha value is -0.120. The molecule has 2 atom stereocenters. The van der Waals surface area contributed by atoms with Gasteiger partial charge in [-0.25, -0.2) is 0 Å². The van der Waals surface area contributed by atoms with Crippen LogP contribution in [0.3, 0.4) is 0 Å². The van der Waals surface area contributed by atoms with E-state index in [4.69, 9.17) is 14.2 Å². The lowest BCUT2D eigenvalue weighted by molar-refractivity contribution is -0.155. The molecule has 0 spiro atoms. The van der Waals surface area contributed by atoms with Crippen LogP contribution in [0.4, 0.5) is 0 Å². The minimum Gasteiger partial charge on any atom is -0.382 e. The summed E-state index contributed by atoms with van der Waals surface area (Å²) in [6, 6.07) is 0. The van der Waals surface area contributed by atoms with Gasteiger partial charge >= 0.3 is 0 Å². The number of ether oxygens (including phenoxy) is 3. The molecule has 3 nitrogen and oxygen atoms in total. The summed E-state index contributed by atoms with van der Waals surface area (Å²) < 4.78 is 16.5. The Labute approximate surface area is 85.7 Å². The molecule has 0 aromatic rings. The molecule has 82 valence electrons. The molecule has 1 aliphatic carbocycles. The van der Waals surface area contributed by atoms with Crippen LogP contribution in [0.1, 0.15) is 25.7 Å². The van der Waals surface area contributed by atoms with Gasteiger partial charge in [0.15, 0.2) is 0 Å². The average molecular weight is 200 g/mol. The van der Waals surface area contributed by atoms with Crippen molar-refractivity contribution in [2.45, 2.75) is 31.3 Å². The molecule has 0 aromatic carbocycles. The fourth-order valence-electron chi connectivity index (χ4n) is 2.74. The van der Waals surface area contributed by atoms with Crippen LogP contribution in [-0.4, -0.2) is 39.1 Å². The summed E-state index contributed by atoms with van der Waals surface area (Å²) in [7, 11) is 1.71. The second kappa shape index (κ2) is 4.60. The zero-order valence-corrected chi connectivity index (χ0v) is 8.96. The molecule has 1 aliphatic heterocycles. The molecule has 2 fully saturated rings. The van der Waals surface area contributed by atoms with Gasteiger partial charge in [-0.05, 0) is 25.2 Å². The standard InChI is InChI=1S/C11H20O3/c1-12-7-8-14-11-5-2-3-10(11)4-6-13-9-11/h10H,2-9H2,1H3. The van der Waals surface area contributed by atoms with Crippen molar-refractivity contribution in [3.8, 4) is 0 Å². The van der Waals surface area contributed by atoms with Crippen molar-refractivity contribution in [1.29, 1.82) is 0 Å². The van der Waals surface area contributed by atoms with Gasteiger partial charge in [0.2, 0.25) is 0 Å². The Morgan fingerprint density at radius 2 is 2.29 bits per heavy atom. The van der Waals surface area contributed by atoms with Crippen molar-refractivity contribution in [3.63, 3.8) is 0 Å². The Bertz CT molecular complexity index is 183. The van der Waals surface area contributed by atoms with Crippen LogP contribution in [0.15, 0.2) is 0 Å². The van der Waals surface area contributed by atoms with Crippen LogP contribution in [0, 0.1) is 5.92 Å². The predicted molar refractivity (Wildman–Crippen MR) is 53.3 cm³/mol. The maximum absolute atomic E-state index is 5.98. The minimum absolute atomic E-state index is 0.0385. The van der Waals surface area contributed by atoms with E-state index in [2.05, 4.69) is 0 Å². The zero-order chi connectivity index (χ0) is 9.86. The quantitative estimate of drug-likeness (QED) is 0.645. The van der Waals surface area contributed by atoms with Crippen LogP contribution in [0.5, 0.6) is 0 Å². The predicted octanol–water partition coefficient (Wildman–Crippen LogP) is 1.61. The van der Waals surface area contributed by atoms with Crippen molar-refractivity contribution >= 4 is 0 Å². The van der Waals surface area contributed by atoms with Gasteiger partial charge in [-0.15, -0.1) is 0 Å². The first-order valence-corrected chi connectivity index (χ1v) is 5.58. The molecule has 0 N–H and O–H groups in total. The molecule has 2 rings (SSSR count). The molecule has 1 saturated heterocycles. The normalized spacial score (nSPS) is 37.1. The van der Waals surface area contributed by atoms with Gasteiger partial charge in [0.05, 0.1) is 25.4 Å². The van der Waals surface area contributed by atoms with Gasteiger partial charge in [0.1, 0.15) is 0 Å². The van der Waals surface area contributed by atoms with Crippen molar-refractivity contribution in [1.82, 2.24) is 0 Å². The number of hydrogen-bond donors (Lipinski definition) is 0. The lowest BCUT2D eigenvalue weighted by atomic mass is 9.87. The molecule has 1 saturated carbocycles. The van der Waals surface area contributed by atoms with E-state index in [0.29, 0.717) is 13.2 Å². The van der Waals surface area contributed by atoms with E-state index in [-0.39, 0.29) is 5.60 Å². The van der Waals surface area contributed by atoms with E-state index in [1.54, 1.807) is 7.11 Å². The first-order chi connectivity index (χ1) is 6.87. The van der Waals surface area contributed by atoms with Crippen LogP contribution in [0.25, 0.3) is 0 Å². The highest BCUT2D eigenvalue weighted by Crippen LogP contribution is 2.43. The third kappa shape index (κ3) is 1.95. The van der Waals surface area contributed by atoms with Crippen molar-refractivity contribution in [3.05, 3.63) is 0 Å². The number of methoxy groups -OCH3 is 1. The molecule has 2 aliphatic rings. The van der Waals surface area contributed by atoms with Gasteiger partial charge in [-0.1, -0.05) is 6.42 Å². The van der Waals surface area contributed by atoms with E-state index in [9.17, 15) is 0 Å². The third-order valence-corrected chi connectivity index (χ3v) is 3.53. The monoisotopic (exact) mass is 200 g/mol. The molecule has 3 heteroatoms. The molecule has 1 heterocycles. The smallest absolute Gasteiger partial charge is 0.0944 e. The summed E-state index contributed by atoms with van der Waals surface area (Å²) in [4.78, 5) is 0. The highest BCUT2D eigenvalue weighted by atomic mass is 16.6. The largest absolute Gasteiger partial charge is 0.382 e. The maximum Gasteiger partial charge on any atom is 0.0944 e. The zero-order valence-electron chi connectivity index (χ0n) is 8.96. The highest BCUT2D eigenvalue weighted by molar-refractivity contribution is 4.96. The first-order valence-electron chi connectivity index (χ1n) is 5.58. The van der Waals surface area contributed by atoms with Crippen LogP contribution >= 0.6 is 0 Å². The molecule has 0 amide bonds. The third-order valence-electron chi connectivity index (χ3n) is 3.53. The van der Waals surface area contributed by atoms with Crippen molar-refractivity contribution < 1.29 is 14.2 Å². The summed E-state index contributed by atoms with van der Waals surface area (Å²) in [6.45, 7) is 3.10. The first kappa shape index (κ1) is 10.4. The number of rotatable bonds is 4. The van der Waals surface area contributed by atoms with Gasteiger partial charge in [-0.2, -0.15) is 0 Å². The minimum atomic E-state index is 0.0385. The molecule has 0 aromatic heterocycles. The van der Waals surface area contributed by atoms with Gasteiger partial charge in [-0.3, -0.25) is 0 Å². The van der Waals surface area contributed by atoms with E-state index in [1.807, 2.05) is 0 Å². The Balaban J connectivity index is 1.89. The molecular formula is C11H20O3. The number of fused-ring (bicyclic) bond motifs is 1. The lowest BCUT2D eigenvalue weighted by Gasteiger charge is -2.39. The molecular weight excluding hydrogens is 180 g/mol. The lowest BCUT2D eigenvalue weighted by Crippen LogP contribution is -2.46. The Kier molecular flexibility index (Phi) is 3.42. The maximum atomic E-state index is 5.98. The molecule has 2 unspecified atom stereocenters. The molecule has 14 heavy (non-hydrogen) atoms. The van der Waals surface area contributed by atoms with Crippen molar-refractivity contribution in [2.75, 3.05) is 33.5 Å². The summed E-state index contributed by atoms with van der Waals surface area (Å²) in [6.07, 6.45) is 4.95. The second-order valence-corrected chi connectivity index (χ2v) is 4.34. The Morgan fingerprint density at radius 1 is 1.36 bits per heavy atom. The topological polar surface area (TPSA) is 27.7 Å². The fraction of sp³-hybridized carbons (Fsp3) is 1.00. The van der Waals surface area contributed by atoms with E-state index in [0.717, 1.165) is 19.1 Å². The van der Waals surface area contributed by atoms with Crippen LogP contribution in [-0.2, 0) is 14.2 Å². The SMILES string of the molecule is COCCOC12CCCC1CCOC2. The number of hydrogen-bond acceptors (Lipinski definition) is 3. The van der Waals surface area contributed by atoms with E-state index in [1.165, 1.54) is 25.7 Å². The summed E-state index contributed by atoms with van der Waals surface area (Å²) in [5, 5.41) is 0. The highest BCUT2D eigenvalue weighted by Gasteiger charge is 2.45. The van der Waals surface area contributed by atoms with Gasteiger partial charge in [0, 0.05) is 13.7 Å². The van der Waals surface area contributed by atoms with Crippen molar-refractivity contribution in [2.24, 2.45) is 5.92 Å². The van der Waals surface area contributed by atoms with Gasteiger partial charge in [0.25, 0.3) is 0 Å². The summed E-state index contributed by atoms with van der Waals surface area (Å²) in [5.74, 6) is 0.730. The summed E-state index contributed by atoms with van der Waals surface area (Å²) in [5.41, 5.74) is 0.0385. The van der Waals surface area contributed by atoms with Crippen LogP contribution < -0.4 is 0 Å². The Morgan fingerprint density at radius 3 is 3.14 bits per heavy atom. The van der Waals surface area contributed by atoms with E-state index >= 15 is 0 Å². The molecule has 0 bridgehead atoms. The second-order valence-electron chi connectivity index (χ2n) is 4.34. The van der Waals surface area contributed by atoms with Crippen LogP contribution in [0.2, 0.25) is 0 Å². The van der Waals surface area contributed by atoms with E-state index < -0.39 is 0 Å². The fourth-order valence-corrected chi connectivity index (χ4v) is 2.74. The average Bonchev–Trinajstić information content (AvgIpc) is 2.62. The van der Waals surface area contributed by atoms with Gasteiger partial charge < -0.3 is 14.2 Å².